The Kier molecular flexibility index (Phi) is 6.19. The smallest absolute Gasteiger partial charge is 0.329 e. The van der Waals surface area contributed by atoms with E-state index in [0.717, 1.165) is 11.8 Å². The number of nitrogens with two attached hydrogens (primary N) is 2. The number of imidazole rings is 1. The van der Waals surface area contributed by atoms with Crippen LogP contribution in [0.3, 0.4) is 0 Å². The first-order valence-electron chi connectivity index (χ1n) is 8.49. The lowest BCUT2D eigenvalue weighted by atomic mass is 9.99. The Morgan fingerprint density at radius 3 is 2.72 bits per heavy atom. The lowest BCUT2D eigenvalue weighted by molar-refractivity contribution is -0.149. The highest BCUT2D eigenvalue weighted by Crippen LogP contribution is 2.33. The van der Waals surface area contributed by atoms with Gasteiger partial charge in [0.2, 0.25) is 0 Å². The second-order valence-corrected chi connectivity index (χ2v) is 7.75. The molecule has 0 amide bonds. The third-order valence-corrected chi connectivity index (χ3v) is 5.79. The van der Waals surface area contributed by atoms with Gasteiger partial charge in [-0.05, 0) is 12.2 Å². The van der Waals surface area contributed by atoms with Gasteiger partial charge >= 0.3 is 5.97 Å². The van der Waals surface area contributed by atoms with Crippen LogP contribution < -0.4 is 11.5 Å². The summed E-state index contributed by atoms with van der Waals surface area (Å²) in [6.45, 7) is 0. The summed E-state index contributed by atoms with van der Waals surface area (Å²) in [6, 6.07) is 0. The number of aliphatic hydroxyl groups is 2. The van der Waals surface area contributed by atoms with Gasteiger partial charge in [-0.1, -0.05) is 0 Å². The van der Waals surface area contributed by atoms with Crippen LogP contribution in [0.25, 0.3) is 11.2 Å². The summed E-state index contributed by atoms with van der Waals surface area (Å²) in [5.74, 6) is -1.51. The normalized spacial score (nSPS) is 26.8. The van der Waals surface area contributed by atoms with E-state index in [-0.39, 0.29) is 17.3 Å². The molecule has 29 heavy (non-hydrogen) atoms. The standard InChI is InChI=1S/C15H20F2N6O5S/c16-13(17)15(19,14(26)27)1-2-29-3-6-8(24)9(25)12(28-6)23-5-22-7-10(18)20-4-21-11(7)23/h4-6,8-9,12-13,24-25H,1-3,19H2,(H,26,27)(H2,18,20,21)/t6-,8-,9-,12-,15-/m1/s1. The second kappa shape index (κ2) is 8.31. The predicted octanol–water partition coefficient (Wildman–Crippen LogP) is -0.802. The van der Waals surface area contributed by atoms with E-state index < -0.39 is 48.9 Å². The maximum absolute atomic E-state index is 12.9. The van der Waals surface area contributed by atoms with Gasteiger partial charge in [-0.15, -0.1) is 0 Å². The Hall–Kier alpha value is -2.13. The molecule has 0 aliphatic carbocycles. The number of ether oxygens (including phenoxy) is 1. The highest BCUT2D eigenvalue weighted by molar-refractivity contribution is 7.99. The summed E-state index contributed by atoms with van der Waals surface area (Å²) in [4.78, 5) is 22.9. The van der Waals surface area contributed by atoms with Gasteiger partial charge in [-0.25, -0.2) is 28.5 Å². The van der Waals surface area contributed by atoms with Crippen LogP contribution in [-0.2, 0) is 9.53 Å². The number of alkyl halides is 2. The van der Waals surface area contributed by atoms with Crippen LogP contribution in [0.4, 0.5) is 14.6 Å². The fraction of sp³-hybridized carbons (Fsp3) is 0.600. The molecule has 2 aromatic rings. The lowest BCUT2D eigenvalue weighted by Gasteiger charge is -2.23. The molecule has 3 heterocycles. The number of hydrogen-bond donors (Lipinski definition) is 5. The van der Waals surface area contributed by atoms with Crippen LogP contribution in [-0.4, -0.2) is 82.6 Å². The number of hydrogen-bond acceptors (Lipinski definition) is 10. The molecule has 0 radical (unpaired) electrons. The van der Waals surface area contributed by atoms with Crippen molar-refractivity contribution in [2.45, 2.75) is 42.9 Å². The Morgan fingerprint density at radius 2 is 2.07 bits per heavy atom. The number of aliphatic carboxylic acids is 1. The number of nitrogen functional groups attached to an aromatic ring is 1. The number of halogens is 2. The number of rotatable bonds is 8. The Bertz CT molecular complexity index is 888. The van der Waals surface area contributed by atoms with Gasteiger partial charge in [0.05, 0.1) is 12.4 Å². The summed E-state index contributed by atoms with van der Waals surface area (Å²) >= 11 is 1.08. The molecule has 14 heteroatoms. The third kappa shape index (κ3) is 3.98. The molecule has 1 saturated heterocycles. The zero-order valence-corrected chi connectivity index (χ0v) is 15.7. The average Bonchev–Trinajstić information content (AvgIpc) is 3.21. The SMILES string of the molecule is Nc1ncnc2c1ncn2[C@@H]1O[C@H](CSCC[C@](N)(C(=O)O)C(F)F)[C@@H](O)[C@H]1O. The first-order chi connectivity index (χ1) is 13.7. The highest BCUT2D eigenvalue weighted by atomic mass is 32.2. The molecule has 0 bridgehead atoms. The minimum atomic E-state index is -3.22. The van der Waals surface area contributed by atoms with E-state index in [9.17, 15) is 23.8 Å². The minimum Gasteiger partial charge on any atom is -0.480 e. The lowest BCUT2D eigenvalue weighted by Crippen LogP contribution is -2.54. The van der Waals surface area contributed by atoms with E-state index in [0.29, 0.717) is 11.2 Å². The molecular formula is C15H20F2N6O5S. The maximum Gasteiger partial charge on any atom is 0.329 e. The van der Waals surface area contributed by atoms with Gasteiger partial charge in [0.1, 0.15) is 24.1 Å². The van der Waals surface area contributed by atoms with Crippen LogP contribution in [0.1, 0.15) is 12.6 Å². The van der Waals surface area contributed by atoms with Crippen molar-refractivity contribution in [1.82, 2.24) is 19.5 Å². The molecule has 11 nitrogen and oxygen atoms in total. The summed E-state index contributed by atoms with van der Waals surface area (Å²) in [6.07, 6.45) is -5.51. The van der Waals surface area contributed by atoms with Crippen molar-refractivity contribution in [2.24, 2.45) is 5.73 Å². The zero-order valence-electron chi connectivity index (χ0n) is 14.9. The fourth-order valence-electron chi connectivity index (χ4n) is 2.90. The largest absolute Gasteiger partial charge is 0.480 e. The van der Waals surface area contributed by atoms with Gasteiger partial charge in [0.25, 0.3) is 6.43 Å². The van der Waals surface area contributed by atoms with Crippen molar-refractivity contribution in [3.05, 3.63) is 12.7 Å². The van der Waals surface area contributed by atoms with Gasteiger partial charge in [-0.2, -0.15) is 11.8 Å². The van der Waals surface area contributed by atoms with E-state index in [1.165, 1.54) is 17.2 Å². The Balaban J connectivity index is 1.63. The van der Waals surface area contributed by atoms with E-state index >= 15 is 0 Å². The number of fused-ring (bicyclic) bond motifs is 1. The van der Waals surface area contributed by atoms with Crippen molar-refractivity contribution in [1.29, 1.82) is 0 Å². The molecule has 7 N–H and O–H groups in total. The molecule has 0 saturated carbocycles. The quantitative estimate of drug-likeness (QED) is 0.328. The second-order valence-electron chi connectivity index (χ2n) is 6.60. The number of aliphatic hydroxyl groups excluding tert-OH is 2. The maximum atomic E-state index is 12.9. The number of carboxylic acid groups (broad SMARTS) is 1. The van der Waals surface area contributed by atoms with Crippen LogP contribution >= 0.6 is 11.8 Å². The average molecular weight is 434 g/mol. The van der Waals surface area contributed by atoms with Gasteiger partial charge in [-0.3, -0.25) is 4.57 Å². The Morgan fingerprint density at radius 1 is 1.34 bits per heavy atom. The number of anilines is 1. The van der Waals surface area contributed by atoms with Crippen molar-refractivity contribution in [3.63, 3.8) is 0 Å². The Labute approximate surface area is 167 Å². The fourth-order valence-corrected chi connectivity index (χ4v) is 4.06. The number of thioether (sulfide) groups is 1. The van der Waals surface area contributed by atoms with Crippen molar-refractivity contribution < 1.29 is 33.6 Å². The monoisotopic (exact) mass is 434 g/mol. The van der Waals surface area contributed by atoms with E-state index in [4.69, 9.17) is 21.3 Å². The summed E-state index contributed by atoms with van der Waals surface area (Å²) in [7, 11) is 0. The van der Waals surface area contributed by atoms with Crippen LogP contribution in [0.2, 0.25) is 0 Å². The number of carboxylic acids is 1. The molecule has 5 atom stereocenters. The summed E-state index contributed by atoms with van der Waals surface area (Å²) in [5, 5.41) is 29.5. The van der Waals surface area contributed by atoms with Crippen molar-refractivity contribution in [2.75, 3.05) is 17.2 Å². The minimum absolute atomic E-state index is 0.00174. The number of nitrogens with zero attached hydrogens (tertiary/aromatic N) is 4. The topological polar surface area (TPSA) is 183 Å². The molecular weight excluding hydrogens is 414 g/mol. The molecule has 3 rings (SSSR count). The van der Waals surface area contributed by atoms with Gasteiger partial charge in [0, 0.05) is 5.75 Å². The van der Waals surface area contributed by atoms with Crippen LogP contribution in [0, 0.1) is 0 Å². The molecule has 1 aliphatic rings. The predicted molar refractivity (Wildman–Crippen MR) is 98.2 cm³/mol. The van der Waals surface area contributed by atoms with Crippen LogP contribution in [0.15, 0.2) is 12.7 Å². The first-order valence-corrected chi connectivity index (χ1v) is 9.65. The molecule has 1 aliphatic heterocycles. The number of carbonyl (C=O) groups is 1. The zero-order chi connectivity index (χ0) is 21.3. The molecule has 1 fully saturated rings. The molecule has 0 aromatic carbocycles. The molecule has 2 aromatic heterocycles. The van der Waals surface area contributed by atoms with E-state index in [2.05, 4.69) is 15.0 Å². The molecule has 160 valence electrons. The summed E-state index contributed by atoms with van der Waals surface area (Å²) in [5.41, 5.74) is 8.98. The van der Waals surface area contributed by atoms with Crippen molar-refractivity contribution in [3.8, 4) is 0 Å². The molecule has 0 spiro atoms. The van der Waals surface area contributed by atoms with Gasteiger partial charge in [0.15, 0.2) is 23.2 Å². The van der Waals surface area contributed by atoms with E-state index in [1.54, 1.807) is 0 Å². The highest BCUT2D eigenvalue weighted by Gasteiger charge is 2.45. The first kappa shape index (κ1) is 21.6. The molecule has 0 unspecified atom stereocenters. The summed E-state index contributed by atoms with van der Waals surface area (Å²) < 4.78 is 32.9. The third-order valence-electron chi connectivity index (χ3n) is 4.73. The van der Waals surface area contributed by atoms with Crippen molar-refractivity contribution >= 4 is 34.7 Å². The number of aromatic nitrogens is 4. The van der Waals surface area contributed by atoms with E-state index in [1.807, 2.05) is 0 Å². The van der Waals surface area contributed by atoms with Gasteiger partial charge < -0.3 is 31.5 Å². The van der Waals surface area contributed by atoms with Crippen LogP contribution in [0.5, 0.6) is 0 Å².